The summed E-state index contributed by atoms with van der Waals surface area (Å²) in [6.07, 6.45) is 1.06. The van der Waals surface area contributed by atoms with Gasteiger partial charge in [0.05, 0.1) is 11.9 Å². The molecule has 28 heavy (non-hydrogen) atoms. The number of sulfonamides is 1. The molecule has 0 spiro atoms. The first kappa shape index (κ1) is 20.3. The lowest BCUT2D eigenvalue weighted by molar-refractivity contribution is -0.122. The van der Waals surface area contributed by atoms with E-state index >= 15 is 0 Å². The second-order valence-electron chi connectivity index (χ2n) is 6.57. The summed E-state index contributed by atoms with van der Waals surface area (Å²) in [4.78, 5) is 12.7. The minimum Gasteiger partial charge on any atom is -0.454 e. The van der Waals surface area contributed by atoms with Gasteiger partial charge in [-0.2, -0.15) is 0 Å². The van der Waals surface area contributed by atoms with Crippen molar-refractivity contribution in [2.24, 2.45) is 0 Å². The van der Waals surface area contributed by atoms with E-state index in [1.807, 2.05) is 6.07 Å². The molecule has 1 unspecified atom stereocenters. The number of carbonyl (C=O) groups is 1. The molecule has 1 aliphatic rings. The predicted molar refractivity (Wildman–Crippen MR) is 107 cm³/mol. The Kier molecular flexibility index (Phi) is 5.71. The zero-order valence-corrected chi connectivity index (χ0v) is 17.3. The summed E-state index contributed by atoms with van der Waals surface area (Å²) in [5.41, 5.74) is 1.89. The first-order valence-corrected chi connectivity index (χ1v) is 10.8. The lowest BCUT2D eigenvalue weighted by Gasteiger charge is -2.29. The van der Waals surface area contributed by atoms with Gasteiger partial charge in [0.2, 0.25) is 22.7 Å². The van der Waals surface area contributed by atoms with Gasteiger partial charge in [-0.1, -0.05) is 23.7 Å². The quantitative estimate of drug-likeness (QED) is 0.770. The van der Waals surface area contributed by atoms with Crippen LogP contribution in [0.4, 0.5) is 5.69 Å². The minimum absolute atomic E-state index is 0.171. The summed E-state index contributed by atoms with van der Waals surface area (Å²) < 4.78 is 36.5. The van der Waals surface area contributed by atoms with Crippen molar-refractivity contribution in [3.8, 4) is 11.5 Å². The van der Waals surface area contributed by atoms with E-state index in [9.17, 15) is 13.2 Å². The van der Waals surface area contributed by atoms with Crippen LogP contribution in [0.15, 0.2) is 36.4 Å². The van der Waals surface area contributed by atoms with Gasteiger partial charge in [-0.25, -0.2) is 8.42 Å². The second-order valence-corrected chi connectivity index (χ2v) is 8.87. The van der Waals surface area contributed by atoms with Crippen molar-refractivity contribution in [3.63, 3.8) is 0 Å². The third kappa shape index (κ3) is 4.34. The second kappa shape index (κ2) is 7.89. The van der Waals surface area contributed by atoms with E-state index in [1.165, 1.54) is 6.92 Å². The van der Waals surface area contributed by atoms with Crippen LogP contribution in [-0.2, 0) is 21.4 Å². The zero-order valence-electron chi connectivity index (χ0n) is 15.7. The molecule has 2 aromatic carbocycles. The number of nitrogens with zero attached hydrogens (tertiary/aromatic N) is 1. The van der Waals surface area contributed by atoms with Crippen LogP contribution in [-0.4, -0.2) is 33.4 Å². The zero-order chi connectivity index (χ0) is 20.5. The van der Waals surface area contributed by atoms with E-state index in [-0.39, 0.29) is 13.3 Å². The summed E-state index contributed by atoms with van der Waals surface area (Å²) in [5.74, 6) is 0.845. The Morgan fingerprint density at radius 1 is 1.21 bits per heavy atom. The van der Waals surface area contributed by atoms with Gasteiger partial charge < -0.3 is 14.8 Å². The number of fused-ring (bicyclic) bond motifs is 1. The van der Waals surface area contributed by atoms with Gasteiger partial charge >= 0.3 is 0 Å². The molecule has 1 heterocycles. The molecule has 0 aromatic heterocycles. The topological polar surface area (TPSA) is 84.9 Å². The highest BCUT2D eigenvalue weighted by Gasteiger charge is 2.30. The van der Waals surface area contributed by atoms with Gasteiger partial charge in [0.25, 0.3) is 0 Å². The van der Waals surface area contributed by atoms with E-state index in [4.69, 9.17) is 21.1 Å². The highest BCUT2D eigenvalue weighted by Crippen LogP contribution is 2.32. The number of anilines is 1. The van der Waals surface area contributed by atoms with Crippen LogP contribution >= 0.6 is 11.6 Å². The largest absolute Gasteiger partial charge is 0.454 e. The lowest BCUT2D eigenvalue weighted by atomic mass is 10.1. The molecule has 1 aliphatic heterocycles. The van der Waals surface area contributed by atoms with Crippen LogP contribution in [0.5, 0.6) is 11.5 Å². The molecule has 0 aliphatic carbocycles. The van der Waals surface area contributed by atoms with E-state index in [1.54, 1.807) is 37.3 Å². The number of halogens is 1. The fourth-order valence-corrected chi connectivity index (χ4v) is 4.38. The molecule has 2 aromatic rings. The Balaban J connectivity index is 1.78. The number of rotatable bonds is 6. The molecular weight excluding hydrogens is 404 g/mol. The molecule has 150 valence electrons. The van der Waals surface area contributed by atoms with Crippen LogP contribution in [0, 0.1) is 6.92 Å². The Morgan fingerprint density at radius 2 is 1.93 bits per heavy atom. The molecule has 1 atom stereocenters. The third-order valence-corrected chi connectivity index (χ3v) is 5.86. The molecule has 0 saturated carbocycles. The third-order valence-electron chi connectivity index (χ3n) is 4.40. The summed E-state index contributed by atoms with van der Waals surface area (Å²) in [6.45, 7) is 3.70. The number of ether oxygens (including phenoxy) is 2. The van der Waals surface area contributed by atoms with Crippen molar-refractivity contribution in [2.45, 2.75) is 26.4 Å². The molecule has 1 amide bonds. The van der Waals surface area contributed by atoms with E-state index in [0.717, 1.165) is 16.1 Å². The fourth-order valence-electron chi connectivity index (χ4n) is 2.99. The van der Waals surface area contributed by atoms with E-state index < -0.39 is 22.0 Å². The van der Waals surface area contributed by atoms with Gasteiger partial charge in [0.15, 0.2) is 11.5 Å². The molecule has 9 heteroatoms. The Morgan fingerprint density at radius 3 is 2.64 bits per heavy atom. The maximum absolute atomic E-state index is 12.7. The predicted octanol–water partition coefficient (Wildman–Crippen LogP) is 2.85. The summed E-state index contributed by atoms with van der Waals surface area (Å²) >= 11 is 6.04. The van der Waals surface area contributed by atoms with Crippen molar-refractivity contribution >= 4 is 33.2 Å². The number of aryl methyl sites for hydroxylation is 1. The highest BCUT2D eigenvalue weighted by atomic mass is 35.5. The number of benzene rings is 2. The van der Waals surface area contributed by atoms with E-state index in [0.29, 0.717) is 27.8 Å². The monoisotopic (exact) mass is 424 g/mol. The van der Waals surface area contributed by atoms with Crippen molar-refractivity contribution in [2.75, 3.05) is 17.4 Å². The summed E-state index contributed by atoms with van der Waals surface area (Å²) in [6, 6.07) is 9.33. The van der Waals surface area contributed by atoms with E-state index in [2.05, 4.69) is 5.32 Å². The maximum atomic E-state index is 12.7. The molecular formula is C19H21ClN2O5S. The summed E-state index contributed by atoms with van der Waals surface area (Å²) in [7, 11) is -3.72. The molecule has 0 radical (unpaired) electrons. The first-order chi connectivity index (χ1) is 13.2. The van der Waals surface area contributed by atoms with Crippen LogP contribution in [0.1, 0.15) is 18.1 Å². The van der Waals surface area contributed by atoms with Crippen molar-refractivity contribution in [1.29, 1.82) is 0 Å². The maximum Gasteiger partial charge on any atom is 0.243 e. The van der Waals surface area contributed by atoms with Crippen molar-refractivity contribution in [3.05, 3.63) is 52.5 Å². The number of nitrogens with one attached hydrogen (secondary N) is 1. The average Bonchev–Trinajstić information content (AvgIpc) is 3.09. The fraction of sp³-hybridized carbons (Fsp3) is 0.316. The first-order valence-electron chi connectivity index (χ1n) is 8.58. The molecule has 3 rings (SSSR count). The average molecular weight is 425 g/mol. The molecule has 7 nitrogen and oxygen atoms in total. The molecule has 1 N–H and O–H groups in total. The molecule has 0 fully saturated rings. The van der Waals surface area contributed by atoms with Gasteiger partial charge in [-0.15, -0.1) is 0 Å². The summed E-state index contributed by atoms with van der Waals surface area (Å²) in [5, 5.41) is 3.16. The Labute approximate surface area is 169 Å². The van der Waals surface area contributed by atoms with Crippen molar-refractivity contribution < 1.29 is 22.7 Å². The number of hydrogen-bond acceptors (Lipinski definition) is 5. The lowest BCUT2D eigenvalue weighted by Crippen LogP contribution is -2.48. The minimum atomic E-state index is -3.72. The molecule has 0 saturated heterocycles. The normalized spacial score (nSPS) is 13.9. The number of amides is 1. The van der Waals surface area contributed by atoms with Gasteiger partial charge in [0.1, 0.15) is 6.04 Å². The smallest absolute Gasteiger partial charge is 0.243 e. The Bertz CT molecular complexity index is 1010. The van der Waals surface area contributed by atoms with Crippen molar-refractivity contribution in [1.82, 2.24) is 5.32 Å². The number of hydrogen-bond donors (Lipinski definition) is 1. The van der Waals surface area contributed by atoms with Gasteiger partial charge in [-0.3, -0.25) is 9.10 Å². The number of carbonyl (C=O) groups excluding carboxylic acids is 1. The van der Waals surface area contributed by atoms with Gasteiger partial charge in [0, 0.05) is 11.6 Å². The Hall–Kier alpha value is -2.45. The SMILES string of the molecule is Cc1ccc(Cl)cc1N(C(C)C(=O)NCc1ccc2c(c1)OCO2)S(C)(=O)=O. The standard InChI is InChI=1S/C19H21ClN2O5S/c1-12-4-6-15(20)9-16(12)22(28(3,24)25)13(2)19(23)21-10-14-5-7-17-18(8-14)27-11-26-17/h4-9,13H,10-11H2,1-3H3,(H,21,23). The van der Waals surface area contributed by atoms with Gasteiger partial charge in [-0.05, 0) is 49.2 Å². The van der Waals surface area contributed by atoms with Crippen LogP contribution < -0.4 is 19.1 Å². The van der Waals surface area contributed by atoms with Crippen LogP contribution in [0.3, 0.4) is 0 Å². The highest BCUT2D eigenvalue weighted by molar-refractivity contribution is 7.92. The molecule has 0 bridgehead atoms. The van der Waals surface area contributed by atoms with Crippen LogP contribution in [0.2, 0.25) is 5.02 Å². The van der Waals surface area contributed by atoms with Crippen LogP contribution in [0.25, 0.3) is 0 Å².